The fourth-order valence-corrected chi connectivity index (χ4v) is 2.49. The maximum absolute atomic E-state index is 9.99. The number of rotatable bonds is 4. The molecule has 0 bridgehead atoms. The summed E-state index contributed by atoms with van der Waals surface area (Å²) in [4.78, 5) is 19.9. The second-order valence-electron chi connectivity index (χ2n) is 5.58. The van der Waals surface area contributed by atoms with Crippen LogP contribution in [-0.4, -0.2) is 41.3 Å². The summed E-state index contributed by atoms with van der Waals surface area (Å²) >= 11 is 5.97. The first-order chi connectivity index (χ1) is 10.8. The lowest BCUT2D eigenvalue weighted by atomic mass is 9.96. The van der Waals surface area contributed by atoms with Crippen LogP contribution in [0.1, 0.15) is 36.8 Å². The second-order valence-corrected chi connectivity index (χ2v) is 6.01. The van der Waals surface area contributed by atoms with Gasteiger partial charge in [0.15, 0.2) is 0 Å². The van der Waals surface area contributed by atoms with Crippen LogP contribution >= 0.6 is 11.6 Å². The van der Waals surface area contributed by atoms with Crippen molar-refractivity contribution in [3.8, 4) is 0 Å². The average molecular weight is 343 g/mol. The first kappa shape index (κ1) is 19.4. The maximum atomic E-state index is 9.99. The van der Waals surface area contributed by atoms with Crippen LogP contribution in [0.3, 0.4) is 0 Å². The van der Waals surface area contributed by atoms with Crippen LogP contribution in [0.25, 0.3) is 0 Å². The van der Waals surface area contributed by atoms with Gasteiger partial charge in [-0.1, -0.05) is 24.6 Å². The molecule has 1 aliphatic heterocycles. The van der Waals surface area contributed by atoms with Crippen LogP contribution in [0.2, 0.25) is 5.02 Å². The molecule has 2 atom stereocenters. The number of nitrogens with one attached hydrogen (secondary N) is 1. The smallest absolute Gasteiger partial charge is 0.320 e. The number of fused-ring (bicyclic) bond motifs is 1. The Kier molecular flexibility index (Phi) is 8.02. The average Bonchev–Trinajstić information content (AvgIpc) is 2.67. The van der Waals surface area contributed by atoms with Crippen LogP contribution in [0.5, 0.6) is 0 Å². The number of halogens is 1. The van der Waals surface area contributed by atoms with Crippen molar-refractivity contribution in [2.75, 3.05) is 13.1 Å². The number of benzene rings is 1. The highest BCUT2D eigenvalue weighted by Gasteiger charge is 2.14. The van der Waals surface area contributed by atoms with Gasteiger partial charge >= 0.3 is 11.9 Å². The minimum absolute atomic E-state index is 0.0231. The van der Waals surface area contributed by atoms with E-state index in [1.54, 1.807) is 0 Å². The van der Waals surface area contributed by atoms with Crippen molar-refractivity contribution >= 4 is 23.5 Å². The zero-order valence-electron chi connectivity index (χ0n) is 13.1. The summed E-state index contributed by atoms with van der Waals surface area (Å²) in [5.74, 6) is -1.62. The van der Waals surface area contributed by atoms with E-state index >= 15 is 0 Å². The van der Waals surface area contributed by atoms with Gasteiger partial charge in [-0.05, 0) is 48.6 Å². The topological polar surface area (TPSA) is 113 Å². The van der Waals surface area contributed by atoms with Gasteiger partial charge in [0.05, 0.1) is 0 Å². The molecule has 0 saturated heterocycles. The summed E-state index contributed by atoms with van der Waals surface area (Å²) in [6.07, 6.45) is 0.898. The molecule has 7 heteroatoms. The number of hydrogen-bond acceptors (Lipinski definition) is 4. The summed E-state index contributed by atoms with van der Waals surface area (Å²) in [5, 5.41) is 20.5. The molecule has 5 N–H and O–H groups in total. The van der Waals surface area contributed by atoms with E-state index in [1.165, 1.54) is 11.1 Å². The van der Waals surface area contributed by atoms with E-state index < -0.39 is 18.0 Å². The quantitative estimate of drug-likeness (QED) is 0.664. The van der Waals surface area contributed by atoms with Gasteiger partial charge in [0.1, 0.15) is 6.04 Å². The molecular weight excluding hydrogens is 320 g/mol. The van der Waals surface area contributed by atoms with Gasteiger partial charge in [0.25, 0.3) is 0 Å². The number of carbonyl (C=O) groups is 2. The zero-order valence-corrected chi connectivity index (χ0v) is 13.8. The normalized spacial score (nSPS) is 18.0. The highest BCUT2D eigenvalue weighted by atomic mass is 35.5. The Morgan fingerprint density at radius 2 is 2.13 bits per heavy atom. The van der Waals surface area contributed by atoms with E-state index in [1.807, 2.05) is 6.07 Å². The third-order valence-electron chi connectivity index (χ3n) is 3.65. The Balaban J connectivity index is 0.000000241. The molecular formula is C16H23ClN2O4. The third-order valence-corrected chi connectivity index (χ3v) is 3.88. The van der Waals surface area contributed by atoms with Crippen LogP contribution < -0.4 is 11.1 Å². The Morgan fingerprint density at radius 1 is 1.43 bits per heavy atom. The Hall–Kier alpha value is -1.63. The Labute approximate surface area is 140 Å². The van der Waals surface area contributed by atoms with Gasteiger partial charge in [-0.2, -0.15) is 0 Å². The van der Waals surface area contributed by atoms with Crippen molar-refractivity contribution in [1.82, 2.24) is 5.32 Å². The first-order valence-corrected chi connectivity index (χ1v) is 7.88. The predicted octanol–water partition coefficient (Wildman–Crippen LogP) is 1.85. The fourth-order valence-electron chi connectivity index (χ4n) is 2.31. The minimum Gasteiger partial charge on any atom is -0.481 e. The second kappa shape index (κ2) is 9.50. The summed E-state index contributed by atoms with van der Waals surface area (Å²) in [6.45, 7) is 4.39. The lowest BCUT2D eigenvalue weighted by Gasteiger charge is -2.11. The molecule has 1 heterocycles. The molecule has 0 saturated carbocycles. The summed E-state index contributed by atoms with van der Waals surface area (Å²) in [5.41, 5.74) is 7.86. The Bertz CT molecular complexity index is 551. The molecule has 0 radical (unpaired) electrons. The summed E-state index contributed by atoms with van der Waals surface area (Å²) in [7, 11) is 0. The van der Waals surface area contributed by atoms with E-state index in [9.17, 15) is 9.59 Å². The molecule has 1 aromatic rings. The molecule has 23 heavy (non-hydrogen) atoms. The molecule has 0 aromatic heterocycles. The maximum Gasteiger partial charge on any atom is 0.320 e. The van der Waals surface area contributed by atoms with Gasteiger partial charge in [-0.15, -0.1) is 0 Å². The highest BCUT2D eigenvalue weighted by molar-refractivity contribution is 6.30. The van der Waals surface area contributed by atoms with E-state index in [-0.39, 0.29) is 12.8 Å². The fraction of sp³-hybridized carbons (Fsp3) is 0.500. The van der Waals surface area contributed by atoms with Crippen molar-refractivity contribution < 1.29 is 19.8 Å². The van der Waals surface area contributed by atoms with Gasteiger partial charge in [-0.3, -0.25) is 9.59 Å². The van der Waals surface area contributed by atoms with Crippen molar-refractivity contribution in [3.05, 3.63) is 34.3 Å². The molecule has 0 amide bonds. The molecule has 0 fully saturated rings. The monoisotopic (exact) mass is 342 g/mol. The molecule has 6 nitrogen and oxygen atoms in total. The molecule has 0 aliphatic carbocycles. The van der Waals surface area contributed by atoms with Gasteiger partial charge in [0.2, 0.25) is 0 Å². The summed E-state index contributed by atoms with van der Waals surface area (Å²) in [6, 6.07) is 5.19. The lowest BCUT2D eigenvalue weighted by molar-refractivity contribution is -0.139. The third kappa shape index (κ3) is 6.99. The van der Waals surface area contributed by atoms with Gasteiger partial charge in [0, 0.05) is 18.0 Å². The van der Waals surface area contributed by atoms with E-state index in [2.05, 4.69) is 24.4 Å². The predicted molar refractivity (Wildman–Crippen MR) is 88.9 cm³/mol. The summed E-state index contributed by atoms with van der Waals surface area (Å²) < 4.78 is 0. The van der Waals surface area contributed by atoms with E-state index in [0.717, 1.165) is 24.5 Å². The molecule has 1 unspecified atom stereocenters. The molecule has 1 aliphatic rings. The molecule has 2 rings (SSSR count). The van der Waals surface area contributed by atoms with Crippen molar-refractivity contribution in [1.29, 1.82) is 0 Å². The largest absolute Gasteiger partial charge is 0.481 e. The van der Waals surface area contributed by atoms with Crippen LogP contribution in [0, 0.1) is 0 Å². The molecule has 128 valence electrons. The van der Waals surface area contributed by atoms with Crippen LogP contribution in [0.15, 0.2) is 18.2 Å². The number of carboxylic acids is 2. The number of hydrogen-bond donors (Lipinski definition) is 4. The van der Waals surface area contributed by atoms with Crippen molar-refractivity contribution in [2.24, 2.45) is 5.73 Å². The lowest BCUT2D eigenvalue weighted by Crippen LogP contribution is -2.30. The molecule has 0 spiro atoms. The number of carboxylic acid groups (broad SMARTS) is 2. The van der Waals surface area contributed by atoms with Crippen molar-refractivity contribution in [2.45, 2.75) is 38.1 Å². The zero-order chi connectivity index (χ0) is 17.4. The minimum atomic E-state index is -1.17. The standard InChI is InChI=1S/C11H14ClN.C5H9NO4/c1-8-7-13-5-4-9-2-3-10(12)6-11(8)9;6-3(5(9)10)1-2-4(7)8/h2-3,6,8,13H,4-5,7H2,1H3;3H,1-2,6H2,(H,7,8)(H,9,10)/t;3-/m.0/s1. The molecule has 1 aromatic carbocycles. The van der Waals surface area contributed by atoms with Gasteiger partial charge < -0.3 is 21.3 Å². The van der Waals surface area contributed by atoms with E-state index in [4.69, 9.17) is 27.5 Å². The van der Waals surface area contributed by atoms with Crippen LogP contribution in [-0.2, 0) is 16.0 Å². The SMILES string of the molecule is CC1CNCCc2ccc(Cl)cc21.N[C@@H](CCC(=O)O)C(=O)O. The Morgan fingerprint density at radius 3 is 2.74 bits per heavy atom. The van der Waals surface area contributed by atoms with E-state index in [0.29, 0.717) is 5.92 Å². The number of nitrogens with two attached hydrogens (primary N) is 1. The highest BCUT2D eigenvalue weighted by Crippen LogP contribution is 2.25. The van der Waals surface area contributed by atoms with Gasteiger partial charge in [-0.25, -0.2) is 0 Å². The number of aliphatic carboxylic acids is 2. The first-order valence-electron chi connectivity index (χ1n) is 7.50. The van der Waals surface area contributed by atoms with Crippen molar-refractivity contribution in [3.63, 3.8) is 0 Å². The van der Waals surface area contributed by atoms with Crippen LogP contribution in [0.4, 0.5) is 0 Å².